The van der Waals surface area contributed by atoms with E-state index in [1.165, 1.54) is 5.56 Å². The number of allylic oxidation sites excluding steroid dienone is 4. The topological polar surface area (TPSA) is 103 Å². The van der Waals surface area contributed by atoms with Crippen LogP contribution in [0, 0.1) is 6.92 Å². The lowest BCUT2D eigenvalue weighted by atomic mass is 9.92. The monoisotopic (exact) mass is 584 g/mol. The second-order valence-electron chi connectivity index (χ2n) is 10.3. The van der Waals surface area contributed by atoms with Crippen molar-refractivity contribution in [3.05, 3.63) is 112 Å². The summed E-state index contributed by atoms with van der Waals surface area (Å²) in [6.45, 7) is 10.2. The Kier molecular flexibility index (Phi) is 11.9. The minimum absolute atomic E-state index is 0.187. The summed E-state index contributed by atoms with van der Waals surface area (Å²) in [5.41, 5.74) is 13.0. The van der Waals surface area contributed by atoms with Crippen LogP contribution in [0.1, 0.15) is 79.2 Å². The number of unbranched alkanes of at least 4 members (excludes halogenated alkanes) is 1. The second-order valence-corrected chi connectivity index (χ2v) is 10.3. The molecule has 7 heteroatoms. The third-order valence-corrected chi connectivity index (χ3v) is 7.17. The Hall–Kier alpha value is -4.65. The number of hydrogen-bond donors (Lipinski definition) is 3. The molecule has 4 rings (SSSR count). The van der Waals surface area contributed by atoms with Crippen LogP contribution in [0.3, 0.4) is 0 Å². The van der Waals surface area contributed by atoms with E-state index in [-0.39, 0.29) is 11.6 Å². The first-order valence-electron chi connectivity index (χ1n) is 14.6. The first-order chi connectivity index (χ1) is 20.7. The van der Waals surface area contributed by atoms with Crippen LogP contribution in [-0.4, -0.2) is 25.3 Å². The Morgan fingerprint density at radius 3 is 2.42 bits per heavy atom. The number of aryl methyl sites for hydroxylation is 2. The summed E-state index contributed by atoms with van der Waals surface area (Å²) in [7, 11) is 3.29. The Morgan fingerprint density at radius 2 is 1.79 bits per heavy atom. The highest BCUT2D eigenvalue weighted by molar-refractivity contribution is 5.94. The number of fused-ring (bicyclic) bond motifs is 1. The predicted molar refractivity (Wildman–Crippen MR) is 175 cm³/mol. The van der Waals surface area contributed by atoms with Crippen molar-refractivity contribution in [2.24, 2.45) is 5.73 Å². The molecule has 4 N–H and O–H groups in total. The normalized spacial score (nSPS) is 14.0. The van der Waals surface area contributed by atoms with Crippen molar-refractivity contribution in [2.75, 3.05) is 19.5 Å². The average Bonchev–Trinajstić information content (AvgIpc) is 3.02. The number of aromatic carboxylic acids is 1. The largest absolute Gasteiger partial charge is 0.493 e. The van der Waals surface area contributed by atoms with Crippen molar-refractivity contribution < 1.29 is 24.1 Å². The predicted octanol–water partition coefficient (Wildman–Crippen LogP) is 8.45. The minimum Gasteiger partial charge on any atom is -0.493 e. The first kappa shape index (κ1) is 32.9. The summed E-state index contributed by atoms with van der Waals surface area (Å²) >= 11 is 0. The van der Waals surface area contributed by atoms with Crippen LogP contribution >= 0.6 is 0 Å². The molecule has 43 heavy (non-hydrogen) atoms. The van der Waals surface area contributed by atoms with Gasteiger partial charge in [-0.1, -0.05) is 56.7 Å². The van der Waals surface area contributed by atoms with E-state index in [2.05, 4.69) is 44.3 Å². The highest BCUT2D eigenvalue weighted by atomic mass is 16.5. The molecular formula is C36H44N2O5. The van der Waals surface area contributed by atoms with Gasteiger partial charge in [-0.2, -0.15) is 0 Å². The zero-order chi connectivity index (χ0) is 31.5. The van der Waals surface area contributed by atoms with E-state index in [1.54, 1.807) is 32.4 Å². The molecule has 1 heterocycles. The molecule has 0 amide bonds. The zero-order valence-corrected chi connectivity index (χ0v) is 26.3. The van der Waals surface area contributed by atoms with Crippen molar-refractivity contribution in [3.63, 3.8) is 0 Å². The average molecular weight is 585 g/mol. The Morgan fingerprint density at radius 1 is 1.07 bits per heavy atom. The number of benzene rings is 3. The lowest BCUT2D eigenvalue weighted by molar-refractivity contribution is 0.0698. The molecule has 1 aliphatic heterocycles. The lowest BCUT2D eigenvalue weighted by Crippen LogP contribution is -2.17. The number of nitrogens with two attached hydrogens (primary N) is 1. The molecule has 0 saturated heterocycles. The van der Waals surface area contributed by atoms with Crippen molar-refractivity contribution in [2.45, 2.75) is 59.9 Å². The highest BCUT2D eigenvalue weighted by Gasteiger charge is 2.25. The van der Waals surface area contributed by atoms with Gasteiger partial charge >= 0.3 is 5.97 Å². The molecule has 1 atom stereocenters. The maximum atomic E-state index is 11.6. The van der Waals surface area contributed by atoms with E-state index in [4.69, 9.17) is 19.9 Å². The van der Waals surface area contributed by atoms with E-state index >= 15 is 0 Å². The maximum Gasteiger partial charge on any atom is 0.337 e. The molecule has 1 unspecified atom stereocenters. The molecule has 0 aromatic heterocycles. The number of carboxylic acids is 1. The van der Waals surface area contributed by atoms with Crippen LogP contribution < -0.4 is 25.3 Å². The first-order valence-corrected chi connectivity index (χ1v) is 14.6. The van der Waals surface area contributed by atoms with E-state index in [1.807, 2.05) is 50.3 Å². The molecule has 3 aromatic carbocycles. The van der Waals surface area contributed by atoms with E-state index in [0.717, 1.165) is 58.8 Å². The van der Waals surface area contributed by atoms with Crippen LogP contribution in [0.15, 0.2) is 84.3 Å². The van der Waals surface area contributed by atoms with Crippen molar-refractivity contribution >= 4 is 17.2 Å². The Bertz CT molecular complexity index is 1520. The van der Waals surface area contributed by atoms with Gasteiger partial charge in [0.05, 0.1) is 31.5 Å². The number of ether oxygens (including phenoxy) is 3. The van der Waals surface area contributed by atoms with Crippen molar-refractivity contribution in [1.82, 2.24) is 0 Å². The van der Waals surface area contributed by atoms with Crippen LogP contribution in [0.2, 0.25) is 0 Å². The molecule has 0 radical (unpaired) electrons. The van der Waals surface area contributed by atoms with Gasteiger partial charge in [-0.25, -0.2) is 4.79 Å². The Balaban J connectivity index is 0.000000353. The van der Waals surface area contributed by atoms with Crippen LogP contribution in [0.4, 0.5) is 5.69 Å². The van der Waals surface area contributed by atoms with Gasteiger partial charge in [-0.3, -0.25) is 0 Å². The van der Waals surface area contributed by atoms with Crippen LogP contribution in [0.25, 0.3) is 5.57 Å². The summed E-state index contributed by atoms with van der Waals surface area (Å²) in [5.74, 6) is 2.00. The molecule has 0 aliphatic carbocycles. The van der Waals surface area contributed by atoms with Crippen molar-refractivity contribution in [1.29, 1.82) is 0 Å². The molecule has 0 spiro atoms. The lowest BCUT2D eigenvalue weighted by Gasteiger charge is -2.27. The highest BCUT2D eigenvalue weighted by Crippen LogP contribution is 2.42. The SMILES string of the molecule is C/C=C(\N)C1=CC(=CCCC)c2cc(C)cc(C(C)Nc3ccccc3C(=O)O)c2O1.CCc1ccc(OC)c(OC)c1. The quantitative estimate of drug-likeness (QED) is 0.220. The standard InChI is InChI=1S/C26H30N2O3.C10H14O2/c1-5-7-10-18-15-24(22(27)6-2)31-25-20(13-16(3)14-21(18)25)17(4)28-23-12-9-8-11-19(23)26(29)30;1-4-8-5-6-9(11-2)10(7-8)12-3/h6,8-15,17,28H,5,7,27H2,1-4H3,(H,29,30);5-7H,4H2,1-3H3/b18-10?,22-6-;. The smallest absolute Gasteiger partial charge is 0.337 e. The second kappa shape index (κ2) is 15.5. The van der Waals surface area contributed by atoms with Crippen LogP contribution in [0.5, 0.6) is 17.2 Å². The number of methoxy groups -OCH3 is 2. The molecule has 0 fully saturated rings. The number of anilines is 1. The van der Waals surface area contributed by atoms with Gasteiger partial charge in [-0.15, -0.1) is 0 Å². The number of carboxylic acid groups (broad SMARTS) is 1. The molecule has 0 saturated carbocycles. The number of para-hydroxylation sites is 1. The third-order valence-electron chi connectivity index (χ3n) is 7.17. The van der Waals surface area contributed by atoms with E-state index in [0.29, 0.717) is 17.1 Å². The minimum atomic E-state index is -0.964. The van der Waals surface area contributed by atoms with Gasteiger partial charge in [0.1, 0.15) is 5.75 Å². The van der Waals surface area contributed by atoms with Gasteiger partial charge in [0, 0.05) is 16.8 Å². The fourth-order valence-electron chi connectivity index (χ4n) is 4.77. The van der Waals surface area contributed by atoms with Gasteiger partial charge in [0.15, 0.2) is 17.3 Å². The van der Waals surface area contributed by atoms with Gasteiger partial charge < -0.3 is 30.4 Å². The van der Waals surface area contributed by atoms with Gasteiger partial charge in [0.2, 0.25) is 0 Å². The molecule has 1 aliphatic rings. The van der Waals surface area contributed by atoms with E-state index < -0.39 is 5.97 Å². The fraction of sp³-hybridized carbons (Fsp3) is 0.306. The number of rotatable bonds is 10. The summed E-state index contributed by atoms with van der Waals surface area (Å²) in [6, 6.07) is 16.9. The van der Waals surface area contributed by atoms with Crippen molar-refractivity contribution in [3.8, 4) is 17.2 Å². The summed E-state index contributed by atoms with van der Waals surface area (Å²) in [5, 5.41) is 12.9. The zero-order valence-electron chi connectivity index (χ0n) is 26.3. The third kappa shape index (κ3) is 8.22. The Labute approximate surface area is 255 Å². The van der Waals surface area contributed by atoms with Gasteiger partial charge in [-0.05, 0) is 86.7 Å². The summed E-state index contributed by atoms with van der Waals surface area (Å²) in [4.78, 5) is 11.6. The summed E-state index contributed by atoms with van der Waals surface area (Å²) in [6.07, 6.45) is 9.05. The number of carbonyl (C=O) groups is 1. The maximum absolute atomic E-state index is 11.6. The fourth-order valence-corrected chi connectivity index (χ4v) is 4.77. The molecule has 228 valence electrons. The molecule has 0 bridgehead atoms. The molecule has 3 aromatic rings. The van der Waals surface area contributed by atoms with E-state index in [9.17, 15) is 9.90 Å². The molecular weight excluding hydrogens is 540 g/mol. The number of nitrogens with one attached hydrogen (secondary N) is 1. The number of hydrogen-bond acceptors (Lipinski definition) is 6. The summed E-state index contributed by atoms with van der Waals surface area (Å²) < 4.78 is 16.6. The van der Waals surface area contributed by atoms with Gasteiger partial charge in [0.25, 0.3) is 0 Å². The van der Waals surface area contributed by atoms with Crippen LogP contribution in [-0.2, 0) is 6.42 Å². The molecule has 7 nitrogen and oxygen atoms in total.